The molecular weight excluding hydrogens is 252 g/mol. The molecule has 3 atom stereocenters. The fraction of sp³-hybridized carbons (Fsp3) is 0.917. The zero-order chi connectivity index (χ0) is 13.5. The first kappa shape index (κ1) is 14.0. The van der Waals surface area contributed by atoms with E-state index in [0.717, 1.165) is 12.5 Å². The maximum Gasteiger partial charge on any atom is 0.323 e. The molecule has 0 aromatic heterocycles. The Balaban J connectivity index is 1.91. The Morgan fingerprint density at radius 3 is 2.50 bits per heavy atom. The Bertz CT molecular complexity index is 372. The minimum Gasteiger partial charge on any atom is -0.480 e. The predicted molar refractivity (Wildman–Crippen MR) is 70.3 cm³/mol. The maximum atomic E-state index is 12.1. The highest BCUT2D eigenvalue weighted by Gasteiger charge is 2.41. The lowest BCUT2D eigenvalue weighted by molar-refractivity contribution is -0.149. The average Bonchev–Trinajstić information content (AvgIpc) is 2.97. The normalized spacial score (nSPS) is 34.5. The van der Waals surface area contributed by atoms with Crippen LogP contribution in [-0.2, 0) is 15.8 Å². The molecule has 6 heteroatoms. The molecule has 18 heavy (non-hydrogen) atoms. The molecule has 0 amide bonds. The van der Waals surface area contributed by atoms with E-state index in [9.17, 15) is 14.1 Å². The quantitative estimate of drug-likeness (QED) is 0.821. The van der Waals surface area contributed by atoms with Crippen LogP contribution in [0, 0.1) is 11.8 Å². The molecule has 1 N–H and O–H groups in total. The van der Waals surface area contributed by atoms with Crippen LogP contribution in [0.5, 0.6) is 0 Å². The van der Waals surface area contributed by atoms with Crippen molar-refractivity contribution in [3.05, 3.63) is 0 Å². The van der Waals surface area contributed by atoms with Gasteiger partial charge in [-0.05, 0) is 32.1 Å². The van der Waals surface area contributed by atoms with Crippen molar-refractivity contribution >= 4 is 17.0 Å². The Hall–Kier alpha value is -0.460. The van der Waals surface area contributed by atoms with Gasteiger partial charge in [0.15, 0.2) is 0 Å². The van der Waals surface area contributed by atoms with Gasteiger partial charge in [0, 0.05) is 19.6 Å². The summed E-state index contributed by atoms with van der Waals surface area (Å²) in [5.41, 5.74) is -0.936. The summed E-state index contributed by atoms with van der Waals surface area (Å²) in [7, 11) is -1.07. The van der Waals surface area contributed by atoms with Crippen LogP contribution in [-0.4, -0.2) is 55.5 Å². The molecule has 2 rings (SSSR count). The molecule has 2 aliphatic rings. The smallest absolute Gasteiger partial charge is 0.323 e. The summed E-state index contributed by atoms with van der Waals surface area (Å²) < 4.78 is 14.1. The van der Waals surface area contributed by atoms with Crippen molar-refractivity contribution in [2.75, 3.05) is 25.5 Å². The van der Waals surface area contributed by atoms with E-state index in [4.69, 9.17) is 0 Å². The molecule has 1 heterocycles. The third-order valence-electron chi connectivity index (χ3n) is 4.20. The van der Waals surface area contributed by atoms with E-state index in [2.05, 4.69) is 6.92 Å². The van der Waals surface area contributed by atoms with E-state index in [0.29, 0.717) is 24.9 Å². The number of aliphatic carboxylic acids is 1. The Labute approximate surface area is 111 Å². The zero-order valence-electron chi connectivity index (χ0n) is 11.3. The van der Waals surface area contributed by atoms with E-state index < -0.39 is 22.5 Å². The molecular formula is C12H22N2O3S. The Morgan fingerprint density at radius 1 is 1.44 bits per heavy atom. The number of carboxylic acids is 1. The van der Waals surface area contributed by atoms with Crippen LogP contribution in [0.1, 0.15) is 27.2 Å². The standard InChI is InChI=1S/C12H22N2O3S/c1-9-6-10(9)7-14-5-4-13(8-18(14)17)12(2,3)11(15)16/h9-10H,4-8H2,1-3H3,(H,15,16). The first-order valence-electron chi connectivity index (χ1n) is 6.44. The van der Waals surface area contributed by atoms with Crippen LogP contribution < -0.4 is 0 Å². The highest BCUT2D eigenvalue weighted by Crippen LogP contribution is 2.38. The second kappa shape index (κ2) is 4.90. The van der Waals surface area contributed by atoms with Crippen LogP contribution in [0.2, 0.25) is 0 Å². The molecule has 0 aromatic carbocycles. The van der Waals surface area contributed by atoms with E-state index in [1.165, 1.54) is 6.42 Å². The van der Waals surface area contributed by atoms with Crippen molar-refractivity contribution in [1.29, 1.82) is 0 Å². The number of carboxylic acid groups (broad SMARTS) is 1. The van der Waals surface area contributed by atoms with Crippen molar-refractivity contribution in [3.8, 4) is 0 Å². The minimum atomic E-state index is -1.07. The second-order valence-electron chi connectivity index (χ2n) is 5.94. The van der Waals surface area contributed by atoms with E-state index in [1.54, 1.807) is 18.7 Å². The number of hydrogen-bond acceptors (Lipinski definition) is 3. The van der Waals surface area contributed by atoms with Crippen molar-refractivity contribution in [3.63, 3.8) is 0 Å². The summed E-state index contributed by atoms with van der Waals surface area (Å²) in [5.74, 6) is 0.924. The lowest BCUT2D eigenvalue weighted by Crippen LogP contribution is -2.58. The van der Waals surface area contributed by atoms with Gasteiger partial charge in [-0.15, -0.1) is 0 Å². The number of carbonyl (C=O) groups is 1. The summed E-state index contributed by atoms with van der Waals surface area (Å²) in [6.07, 6.45) is 1.23. The Morgan fingerprint density at radius 2 is 2.06 bits per heavy atom. The first-order valence-corrected chi connectivity index (χ1v) is 7.72. The molecule has 0 bridgehead atoms. The predicted octanol–water partition coefficient (Wildman–Crippen LogP) is 0.744. The first-order chi connectivity index (χ1) is 8.32. The number of rotatable bonds is 4. The molecule has 104 valence electrons. The summed E-state index contributed by atoms with van der Waals surface area (Å²) in [6, 6.07) is 0. The van der Waals surface area contributed by atoms with Gasteiger partial charge < -0.3 is 5.11 Å². The molecule has 1 aliphatic carbocycles. The molecule has 2 fully saturated rings. The van der Waals surface area contributed by atoms with E-state index >= 15 is 0 Å². The fourth-order valence-corrected chi connectivity index (χ4v) is 3.80. The van der Waals surface area contributed by atoms with Gasteiger partial charge in [-0.2, -0.15) is 0 Å². The number of hydrogen-bond donors (Lipinski definition) is 1. The lowest BCUT2D eigenvalue weighted by Gasteiger charge is -2.40. The van der Waals surface area contributed by atoms with Crippen LogP contribution >= 0.6 is 0 Å². The van der Waals surface area contributed by atoms with Gasteiger partial charge in [0.25, 0.3) is 0 Å². The molecule has 3 unspecified atom stereocenters. The molecule has 1 saturated carbocycles. The SMILES string of the molecule is CC1CC1CN1CCN(C(C)(C)C(=O)O)CS1=O. The van der Waals surface area contributed by atoms with Crippen molar-refractivity contribution in [1.82, 2.24) is 9.21 Å². The van der Waals surface area contributed by atoms with Crippen molar-refractivity contribution in [2.45, 2.75) is 32.7 Å². The molecule has 5 nitrogen and oxygen atoms in total. The van der Waals surface area contributed by atoms with Gasteiger partial charge in [-0.25, -0.2) is 8.51 Å². The van der Waals surface area contributed by atoms with E-state index in [1.807, 2.05) is 4.31 Å². The highest BCUT2D eigenvalue weighted by atomic mass is 32.2. The third-order valence-corrected chi connectivity index (χ3v) is 5.64. The topological polar surface area (TPSA) is 60.9 Å². The van der Waals surface area contributed by atoms with Crippen LogP contribution in [0.15, 0.2) is 0 Å². The van der Waals surface area contributed by atoms with Crippen molar-refractivity contribution < 1.29 is 14.1 Å². The minimum absolute atomic E-state index is 0.334. The largest absolute Gasteiger partial charge is 0.480 e. The summed E-state index contributed by atoms with van der Waals surface area (Å²) in [5, 5.41) is 9.18. The maximum absolute atomic E-state index is 12.1. The fourth-order valence-electron chi connectivity index (χ4n) is 2.28. The third kappa shape index (κ3) is 2.75. The molecule has 1 aliphatic heterocycles. The van der Waals surface area contributed by atoms with Gasteiger partial charge in [0.05, 0.1) is 5.88 Å². The molecule has 0 radical (unpaired) electrons. The lowest BCUT2D eigenvalue weighted by atomic mass is 10.0. The Kier molecular flexibility index (Phi) is 3.80. The highest BCUT2D eigenvalue weighted by molar-refractivity contribution is 7.82. The van der Waals surface area contributed by atoms with Crippen LogP contribution in [0.4, 0.5) is 0 Å². The summed E-state index contributed by atoms with van der Waals surface area (Å²) in [4.78, 5) is 13.0. The molecule has 0 aromatic rings. The zero-order valence-corrected chi connectivity index (χ0v) is 12.1. The second-order valence-corrected chi connectivity index (χ2v) is 7.36. The van der Waals surface area contributed by atoms with Crippen molar-refractivity contribution in [2.24, 2.45) is 11.8 Å². The average molecular weight is 274 g/mol. The summed E-state index contributed by atoms with van der Waals surface area (Å²) >= 11 is 0. The van der Waals surface area contributed by atoms with Gasteiger partial charge in [-0.1, -0.05) is 6.92 Å². The van der Waals surface area contributed by atoms with E-state index in [-0.39, 0.29) is 0 Å². The van der Waals surface area contributed by atoms with Crippen LogP contribution in [0.25, 0.3) is 0 Å². The summed E-state index contributed by atoms with van der Waals surface area (Å²) in [6.45, 7) is 7.83. The number of nitrogens with zero attached hydrogens (tertiary/aromatic N) is 2. The van der Waals surface area contributed by atoms with Crippen LogP contribution in [0.3, 0.4) is 0 Å². The van der Waals surface area contributed by atoms with Gasteiger partial charge in [0.1, 0.15) is 16.5 Å². The molecule has 1 saturated heterocycles. The van der Waals surface area contributed by atoms with Gasteiger partial charge in [-0.3, -0.25) is 9.69 Å². The van der Waals surface area contributed by atoms with Gasteiger partial charge >= 0.3 is 5.97 Å². The molecule has 0 spiro atoms. The monoisotopic (exact) mass is 274 g/mol. The van der Waals surface area contributed by atoms with Gasteiger partial charge in [0.2, 0.25) is 0 Å².